The summed E-state index contributed by atoms with van der Waals surface area (Å²) in [6.07, 6.45) is 0. The maximum absolute atomic E-state index is 13.6. The average Bonchev–Trinajstić information content (AvgIpc) is 2.94. The topological polar surface area (TPSA) is 39.9 Å². The third kappa shape index (κ3) is 3.91. The fourth-order valence-electron chi connectivity index (χ4n) is 2.03. The minimum absolute atomic E-state index is 0.218. The van der Waals surface area contributed by atoms with Gasteiger partial charge in [0.15, 0.2) is 11.0 Å². The van der Waals surface area contributed by atoms with E-state index in [-0.39, 0.29) is 18.2 Å². The number of benzene rings is 2. The van der Waals surface area contributed by atoms with E-state index in [1.54, 1.807) is 34.9 Å². The Kier molecular flexibility index (Phi) is 5.10. The number of nitrogens with zero attached hydrogens (tertiary/aromatic N) is 3. The summed E-state index contributed by atoms with van der Waals surface area (Å²) in [7, 11) is 1.83. The smallest absolute Gasteiger partial charge is 0.191 e. The van der Waals surface area contributed by atoms with Crippen LogP contribution in [0.4, 0.5) is 8.78 Å². The third-order valence-electron chi connectivity index (χ3n) is 3.42. The number of halogens is 2. The molecular weight excluding hydrogens is 332 g/mol. The van der Waals surface area contributed by atoms with Gasteiger partial charge in [-0.1, -0.05) is 30.0 Å². The fraction of sp³-hybridized carbons (Fsp3) is 0.176. The van der Waals surface area contributed by atoms with Crippen LogP contribution >= 0.6 is 11.8 Å². The fourth-order valence-corrected chi connectivity index (χ4v) is 2.95. The third-order valence-corrected chi connectivity index (χ3v) is 4.49. The summed E-state index contributed by atoms with van der Waals surface area (Å²) >= 11 is 1.40. The van der Waals surface area contributed by atoms with E-state index in [4.69, 9.17) is 4.74 Å². The summed E-state index contributed by atoms with van der Waals surface area (Å²) in [6, 6.07) is 12.4. The summed E-state index contributed by atoms with van der Waals surface area (Å²) in [5, 5.41) is 8.86. The van der Waals surface area contributed by atoms with Gasteiger partial charge in [-0.05, 0) is 35.9 Å². The minimum Gasteiger partial charge on any atom is -0.486 e. The molecule has 24 heavy (non-hydrogen) atoms. The van der Waals surface area contributed by atoms with Crippen LogP contribution in [0.25, 0.3) is 0 Å². The van der Waals surface area contributed by atoms with Crippen LogP contribution in [0.3, 0.4) is 0 Å². The van der Waals surface area contributed by atoms with Crippen molar-refractivity contribution in [2.24, 2.45) is 7.05 Å². The van der Waals surface area contributed by atoms with Gasteiger partial charge in [-0.2, -0.15) is 0 Å². The highest BCUT2D eigenvalue weighted by Crippen LogP contribution is 2.23. The first-order valence-electron chi connectivity index (χ1n) is 7.26. The molecule has 1 aromatic heterocycles. The molecule has 3 aromatic rings. The summed E-state index contributed by atoms with van der Waals surface area (Å²) < 4.78 is 33.9. The van der Waals surface area contributed by atoms with Gasteiger partial charge in [0.05, 0.1) is 0 Å². The number of hydrogen-bond acceptors (Lipinski definition) is 4. The molecule has 0 amide bonds. The molecular formula is C17H15F2N3OS. The van der Waals surface area contributed by atoms with Gasteiger partial charge in [0, 0.05) is 12.8 Å². The van der Waals surface area contributed by atoms with Crippen LogP contribution in [0.5, 0.6) is 5.75 Å². The highest BCUT2D eigenvalue weighted by Gasteiger charge is 2.11. The molecule has 0 bridgehead atoms. The van der Waals surface area contributed by atoms with Crippen molar-refractivity contribution >= 4 is 11.8 Å². The van der Waals surface area contributed by atoms with Gasteiger partial charge in [-0.3, -0.25) is 0 Å². The summed E-state index contributed by atoms with van der Waals surface area (Å²) in [6.45, 7) is 0.218. The van der Waals surface area contributed by atoms with E-state index in [1.807, 2.05) is 7.05 Å². The zero-order valence-electron chi connectivity index (χ0n) is 12.9. The molecule has 2 aromatic carbocycles. The van der Waals surface area contributed by atoms with E-state index in [0.717, 1.165) is 0 Å². The van der Waals surface area contributed by atoms with E-state index in [0.29, 0.717) is 28.0 Å². The average molecular weight is 347 g/mol. The van der Waals surface area contributed by atoms with E-state index in [9.17, 15) is 8.78 Å². The molecule has 3 rings (SSSR count). The van der Waals surface area contributed by atoms with Crippen molar-refractivity contribution < 1.29 is 13.5 Å². The lowest BCUT2D eigenvalue weighted by Crippen LogP contribution is -2.04. The largest absolute Gasteiger partial charge is 0.486 e. The molecule has 0 saturated heterocycles. The maximum Gasteiger partial charge on any atom is 0.191 e. The summed E-state index contributed by atoms with van der Waals surface area (Å²) in [5.74, 6) is 1.12. The lowest BCUT2D eigenvalue weighted by Gasteiger charge is -2.07. The Hall–Kier alpha value is -2.41. The molecule has 0 N–H and O–H groups in total. The maximum atomic E-state index is 13.6. The van der Waals surface area contributed by atoms with E-state index in [2.05, 4.69) is 10.2 Å². The first-order valence-corrected chi connectivity index (χ1v) is 8.25. The van der Waals surface area contributed by atoms with Gasteiger partial charge < -0.3 is 9.30 Å². The molecule has 0 radical (unpaired) electrons. The van der Waals surface area contributed by atoms with Crippen LogP contribution in [0, 0.1) is 11.6 Å². The molecule has 0 atom stereocenters. The minimum atomic E-state index is -0.312. The van der Waals surface area contributed by atoms with Crippen LogP contribution in [0.2, 0.25) is 0 Å². The number of rotatable bonds is 6. The molecule has 0 aliphatic rings. The van der Waals surface area contributed by atoms with Crippen molar-refractivity contribution in [3.63, 3.8) is 0 Å². The molecule has 124 valence electrons. The van der Waals surface area contributed by atoms with Crippen LogP contribution in [-0.4, -0.2) is 14.8 Å². The summed E-state index contributed by atoms with van der Waals surface area (Å²) in [5.41, 5.74) is 0.620. The Labute approximate surface area is 142 Å². The molecule has 0 aliphatic heterocycles. The standard InChI is InChI=1S/C17H15F2N3OS/c1-22-16(10-23-14-8-6-13(18)7-9-14)20-21-17(22)24-11-12-4-2-3-5-15(12)19/h2-9H,10-11H2,1H3. The molecule has 0 spiro atoms. The second-order valence-electron chi connectivity index (χ2n) is 5.08. The SMILES string of the molecule is Cn1c(COc2ccc(F)cc2)nnc1SCc1ccccc1F. The van der Waals surface area contributed by atoms with Gasteiger partial charge in [-0.25, -0.2) is 8.78 Å². The Morgan fingerprint density at radius 1 is 1.04 bits per heavy atom. The first kappa shape index (κ1) is 16.4. The molecule has 0 fully saturated rings. The predicted octanol–water partition coefficient (Wildman–Crippen LogP) is 3.96. The van der Waals surface area contributed by atoms with Crippen LogP contribution < -0.4 is 4.74 Å². The number of ether oxygens (including phenoxy) is 1. The van der Waals surface area contributed by atoms with Crippen molar-refractivity contribution in [2.45, 2.75) is 17.5 Å². The Balaban J connectivity index is 1.61. The van der Waals surface area contributed by atoms with E-state index >= 15 is 0 Å². The quantitative estimate of drug-likeness (QED) is 0.633. The van der Waals surface area contributed by atoms with Crippen molar-refractivity contribution in [3.05, 3.63) is 71.6 Å². The summed E-state index contributed by atoms with van der Waals surface area (Å²) in [4.78, 5) is 0. The van der Waals surface area contributed by atoms with Crippen molar-refractivity contribution in [2.75, 3.05) is 0 Å². The number of thioether (sulfide) groups is 1. The van der Waals surface area contributed by atoms with Crippen LogP contribution in [-0.2, 0) is 19.4 Å². The number of hydrogen-bond donors (Lipinski definition) is 0. The number of aromatic nitrogens is 3. The highest BCUT2D eigenvalue weighted by atomic mass is 32.2. The lowest BCUT2D eigenvalue weighted by atomic mass is 10.2. The predicted molar refractivity (Wildman–Crippen MR) is 87.7 cm³/mol. The van der Waals surface area contributed by atoms with Gasteiger partial charge in [0.2, 0.25) is 0 Å². The Morgan fingerprint density at radius 2 is 1.79 bits per heavy atom. The zero-order valence-corrected chi connectivity index (χ0v) is 13.8. The van der Waals surface area contributed by atoms with E-state index < -0.39 is 0 Å². The highest BCUT2D eigenvalue weighted by molar-refractivity contribution is 7.98. The van der Waals surface area contributed by atoms with Crippen LogP contribution in [0.15, 0.2) is 53.7 Å². The molecule has 0 aliphatic carbocycles. The lowest BCUT2D eigenvalue weighted by molar-refractivity contribution is 0.290. The van der Waals surface area contributed by atoms with Crippen LogP contribution in [0.1, 0.15) is 11.4 Å². The zero-order chi connectivity index (χ0) is 16.9. The second-order valence-corrected chi connectivity index (χ2v) is 6.02. The van der Waals surface area contributed by atoms with Gasteiger partial charge >= 0.3 is 0 Å². The molecule has 0 unspecified atom stereocenters. The molecule has 1 heterocycles. The van der Waals surface area contributed by atoms with Crippen molar-refractivity contribution in [1.82, 2.24) is 14.8 Å². The van der Waals surface area contributed by atoms with Crippen molar-refractivity contribution in [1.29, 1.82) is 0 Å². The van der Waals surface area contributed by atoms with Gasteiger partial charge in [-0.15, -0.1) is 10.2 Å². The van der Waals surface area contributed by atoms with Crippen molar-refractivity contribution in [3.8, 4) is 5.75 Å². The van der Waals surface area contributed by atoms with Gasteiger partial charge in [0.25, 0.3) is 0 Å². The van der Waals surface area contributed by atoms with E-state index in [1.165, 1.54) is 30.0 Å². The molecule has 7 heteroatoms. The second kappa shape index (κ2) is 7.44. The molecule has 0 saturated carbocycles. The normalized spacial score (nSPS) is 10.8. The Morgan fingerprint density at radius 3 is 2.54 bits per heavy atom. The molecule has 4 nitrogen and oxygen atoms in total. The van der Waals surface area contributed by atoms with Gasteiger partial charge in [0.1, 0.15) is 24.0 Å². The monoisotopic (exact) mass is 347 g/mol. The Bertz CT molecular complexity index is 821. The first-order chi connectivity index (χ1) is 11.6.